The van der Waals surface area contributed by atoms with E-state index in [9.17, 15) is 4.79 Å². The molecule has 2 rings (SSSR count). The number of carbonyl (C=O) groups excluding carboxylic acids is 1. The maximum Gasteiger partial charge on any atom is 0.407 e. The molecule has 1 amide bonds. The van der Waals surface area contributed by atoms with Gasteiger partial charge in [0.25, 0.3) is 0 Å². The summed E-state index contributed by atoms with van der Waals surface area (Å²) in [4.78, 5) is 14.8. The summed E-state index contributed by atoms with van der Waals surface area (Å²) in [5, 5.41) is 6.39. The molecule has 7 heteroatoms. The van der Waals surface area contributed by atoms with Crippen molar-refractivity contribution in [2.75, 3.05) is 18.4 Å². The van der Waals surface area contributed by atoms with Crippen molar-refractivity contribution in [3.05, 3.63) is 5.82 Å². The van der Waals surface area contributed by atoms with Gasteiger partial charge in [0, 0.05) is 11.5 Å². The average Bonchev–Trinajstić information content (AvgIpc) is 2.72. The number of cyclic esters (lactones) is 1. The van der Waals surface area contributed by atoms with E-state index in [0.29, 0.717) is 13.1 Å². The largest absolute Gasteiger partial charge is 0.442 e. The van der Waals surface area contributed by atoms with Gasteiger partial charge in [-0.3, -0.25) is 0 Å². The highest BCUT2D eigenvalue weighted by atomic mass is 32.1. The molecule has 0 saturated carbocycles. The molecule has 1 aromatic heterocycles. The lowest BCUT2D eigenvalue weighted by molar-refractivity contribution is 0.145. The summed E-state index contributed by atoms with van der Waals surface area (Å²) in [6.45, 7) is 2.94. The Kier molecular flexibility index (Phi) is 2.49. The highest BCUT2D eigenvalue weighted by Gasteiger charge is 2.22. The van der Waals surface area contributed by atoms with Crippen LogP contribution >= 0.6 is 11.5 Å². The Hall–Kier alpha value is -1.37. The second kappa shape index (κ2) is 3.79. The first-order valence-corrected chi connectivity index (χ1v) is 5.00. The molecule has 2 heterocycles. The molecule has 0 radical (unpaired) electrons. The van der Waals surface area contributed by atoms with Crippen LogP contribution in [0.2, 0.25) is 0 Å². The molecule has 76 valence electrons. The van der Waals surface area contributed by atoms with Crippen LogP contribution in [0.4, 0.5) is 9.93 Å². The number of nitrogens with one attached hydrogen (secondary N) is 2. The summed E-state index contributed by atoms with van der Waals surface area (Å²) in [5.41, 5.74) is 0. The van der Waals surface area contributed by atoms with Gasteiger partial charge in [0.15, 0.2) is 0 Å². The first-order chi connectivity index (χ1) is 6.74. The Morgan fingerprint density at radius 2 is 2.64 bits per heavy atom. The third-order valence-corrected chi connectivity index (χ3v) is 2.52. The van der Waals surface area contributed by atoms with E-state index in [1.165, 1.54) is 11.5 Å². The molecule has 1 atom stereocenters. The van der Waals surface area contributed by atoms with Crippen LogP contribution in [0.3, 0.4) is 0 Å². The Labute approximate surface area is 84.8 Å². The van der Waals surface area contributed by atoms with Crippen molar-refractivity contribution in [3.63, 3.8) is 0 Å². The van der Waals surface area contributed by atoms with Gasteiger partial charge in [-0.25, -0.2) is 9.78 Å². The van der Waals surface area contributed by atoms with Crippen molar-refractivity contribution in [1.82, 2.24) is 14.7 Å². The molecule has 0 bridgehead atoms. The van der Waals surface area contributed by atoms with Gasteiger partial charge in [-0.2, -0.15) is 4.37 Å². The normalized spacial score (nSPS) is 20.4. The molecule has 1 aromatic rings. The van der Waals surface area contributed by atoms with Gasteiger partial charge in [-0.15, -0.1) is 0 Å². The maximum atomic E-state index is 10.7. The van der Waals surface area contributed by atoms with E-state index in [1.807, 2.05) is 6.92 Å². The summed E-state index contributed by atoms with van der Waals surface area (Å²) >= 11 is 1.30. The number of carbonyl (C=O) groups is 1. The molecular formula is C7H10N4O2S. The van der Waals surface area contributed by atoms with Gasteiger partial charge in [-0.05, 0) is 6.92 Å². The number of anilines is 1. The second-order valence-electron chi connectivity index (χ2n) is 2.94. The maximum absolute atomic E-state index is 10.7. The zero-order chi connectivity index (χ0) is 9.97. The molecule has 1 unspecified atom stereocenters. The van der Waals surface area contributed by atoms with Crippen LogP contribution in [0.25, 0.3) is 0 Å². The van der Waals surface area contributed by atoms with E-state index in [1.54, 1.807) is 0 Å². The van der Waals surface area contributed by atoms with E-state index < -0.39 is 0 Å². The molecule has 6 nitrogen and oxygen atoms in total. The van der Waals surface area contributed by atoms with Gasteiger partial charge in [-0.1, -0.05) is 0 Å². The molecule has 1 fully saturated rings. The molecular weight excluding hydrogens is 204 g/mol. The van der Waals surface area contributed by atoms with Crippen LogP contribution in [0, 0.1) is 6.92 Å². The molecule has 2 N–H and O–H groups in total. The monoisotopic (exact) mass is 214 g/mol. The van der Waals surface area contributed by atoms with Crippen molar-refractivity contribution < 1.29 is 9.53 Å². The standard InChI is InChI=1S/C7H10N4O2S/c1-4-10-6(14-11-4)8-2-5-3-9-7(12)13-5/h5H,2-3H2,1H3,(H,9,12)(H,8,10,11). The van der Waals surface area contributed by atoms with Crippen molar-refractivity contribution in [1.29, 1.82) is 0 Å². The van der Waals surface area contributed by atoms with Crippen molar-refractivity contribution in [3.8, 4) is 0 Å². The average molecular weight is 214 g/mol. The zero-order valence-electron chi connectivity index (χ0n) is 7.61. The molecule has 1 aliphatic rings. The van der Waals surface area contributed by atoms with Crippen LogP contribution < -0.4 is 10.6 Å². The minimum atomic E-state index is -0.356. The third-order valence-electron chi connectivity index (χ3n) is 1.76. The molecule has 0 spiro atoms. The van der Waals surface area contributed by atoms with E-state index >= 15 is 0 Å². The lowest BCUT2D eigenvalue weighted by Crippen LogP contribution is -2.23. The number of aromatic nitrogens is 2. The van der Waals surface area contributed by atoms with Crippen LogP contribution in [0.1, 0.15) is 5.82 Å². The number of ether oxygens (including phenoxy) is 1. The van der Waals surface area contributed by atoms with Crippen LogP contribution in [0.15, 0.2) is 0 Å². The van der Waals surface area contributed by atoms with E-state index in [0.717, 1.165) is 11.0 Å². The fourth-order valence-electron chi connectivity index (χ4n) is 1.12. The number of amides is 1. The van der Waals surface area contributed by atoms with E-state index in [2.05, 4.69) is 20.0 Å². The van der Waals surface area contributed by atoms with E-state index in [-0.39, 0.29) is 12.2 Å². The molecule has 0 aliphatic carbocycles. The highest BCUT2D eigenvalue weighted by Crippen LogP contribution is 2.10. The smallest absolute Gasteiger partial charge is 0.407 e. The minimum absolute atomic E-state index is 0.119. The minimum Gasteiger partial charge on any atom is -0.442 e. The lowest BCUT2D eigenvalue weighted by atomic mass is 10.4. The van der Waals surface area contributed by atoms with Crippen molar-refractivity contribution in [2.24, 2.45) is 0 Å². The second-order valence-corrected chi connectivity index (χ2v) is 3.69. The SMILES string of the molecule is Cc1nsc(NCC2CNC(=O)O2)n1. The fraction of sp³-hybridized carbons (Fsp3) is 0.571. The van der Waals surface area contributed by atoms with Crippen LogP contribution in [-0.4, -0.2) is 34.6 Å². The lowest BCUT2D eigenvalue weighted by Gasteiger charge is -2.06. The number of nitrogens with zero attached hydrogens (tertiary/aromatic N) is 2. The van der Waals surface area contributed by atoms with Gasteiger partial charge in [0.2, 0.25) is 5.13 Å². The molecule has 0 aromatic carbocycles. The fourth-order valence-corrected chi connectivity index (χ4v) is 1.70. The van der Waals surface area contributed by atoms with Crippen molar-refractivity contribution in [2.45, 2.75) is 13.0 Å². The summed E-state index contributed by atoms with van der Waals surface area (Å²) in [5.74, 6) is 0.749. The summed E-state index contributed by atoms with van der Waals surface area (Å²) in [7, 11) is 0. The summed E-state index contributed by atoms with van der Waals surface area (Å²) in [6.07, 6.45) is -0.475. The van der Waals surface area contributed by atoms with Gasteiger partial charge in [0.1, 0.15) is 11.9 Å². The summed E-state index contributed by atoms with van der Waals surface area (Å²) in [6, 6.07) is 0. The Morgan fingerprint density at radius 1 is 1.79 bits per heavy atom. The van der Waals surface area contributed by atoms with E-state index in [4.69, 9.17) is 4.74 Å². The Morgan fingerprint density at radius 3 is 3.21 bits per heavy atom. The zero-order valence-corrected chi connectivity index (χ0v) is 8.43. The highest BCUT2D eigenvalue weighted by molar-refractivity contribution is 7.09. The first kappa shape index (κ1) is 9.20. The van der Waals surface area contributed by atoms with Gasteiger partial charge < -0.3 is 15.4 Å². The van der Waals surface area contributed by atoms with Gasteiger partial charge in [0.05, 0.1) is 13.1 Å². The quantitative estimate of drug-likeness (QED) is 0.760. The number of rotatable bonds is 3. The number of hydrogen-bond donors (Lipinski definition) is 2. The number of aryl methyl sites for hydroxylation is 1. The predicted molar refractivity (Wildman–Crippen MR) is 51.4 cm³/mol. The third kappa shape index (κ3) is 2.11. The molecule has 1 saturated heterocycles. The summed E-state index contributed by atoms with van der Waals surface area (Å²) < 4.78 is 8.96. The molecule has 14 heavy (non-hydrogen) atoms. The number of alkyl carbamates (subject to hydrolysis) is 1. The van der Waals surface area contributed by atoms with Crippen LogP contribution in [-0.2, 0) is 4.74 Å². The topological polar surface area (TPSA) is 76.1 Å². The van der Waals surface area contributed by atoms with Crippen LogP contribution in [0.5, 0.6) is 0 Å². The number of hydrogen-bond acceptors (Lipinski definition) is 6. The van der Waals surface area contributed by atoms with Crippen molar-refractivity contribution >= 4 is 22.8 Å². The Balaban J connectivity index is 1.80. The van der Waals surface area contributed by atoms with Gasteiger partial charge >= 0.3 is 6.09 Å². The predicted octanol–water partition coefficient (Wildman–Crippen LogP) is 0.367. The molecule has 1 aliphatic heterocycles. The first-order valence-electron chi connectivity index (χ1n) is 4.23. The Bertz CT molecular complexity index is 340.